The molecule has 152 valence electrons. The standard InChI is InChI=1S/C23H26N2O4/c1-16(17-9-3-2-4-10-17)24-22(27)19-13-7-8-14-20(19)25-21(26)15-29-23(28)18-11-5-6-12-18/h2-4,7-10,13-14,16,18H,5-6,11-12,15H2,1H3,(H,24,27)(H,25,26)/t16-/m1/s1. The smallest absolute Gasteiger partial charge is 0.309 e. The minimum Gasteiger partial charge on any atom is -0.455 e. The maximum atomic E-state index is 12.7. The van der Waals surface area contributed by atoms with E-state index in [0.717, 1.165) is 31.2 Å². The number of esters is 1. The molecule has 1 aliphatic carbocycles. The van der Waals surface area contributed by atoms with Crippen molar-refractivity contribution in [3.8, 4) is 0 Å². The van der Waals surface area contributed by atoms with Crippen LogP contribution in [0.4, 0.5) is 5.69 Å². The average molecular weight is 394 g/mol. The molecule has 2 aromatic carbocycles. The second-order valence-corrected chi connectivity index (χ2v) is 7.29. The zero-order valence-corrected chi connectivity index (χ0v) is 16.5. The van der Waals surface area contributed by atoms with Gasteiger partial charge in [0.1, 0.15) is 0 Å². The summed E-state index contributed by atoms with van der Waals surface area (Å²) < 4.78 is 5.13. The van der Waals surface area contributed by atoms with Crippen molar-refractivity contribution < 1.29 is 19.1 Å². The number of hydrogen-bond donors (Lipinski definition) is 2. The summed E-state index contributed by atoms with van der Waals surface area (Å²) in [5.74, 6) is -1.17. The fourth-order valence-electron chi connectivity index (χ4n) is 3.49. The van der Waals surface area contributed by atoms with E-state index in [1.54, 1.807) is 24.3 Å². The van der Waals surface area contributed by atoms with Crippen LogP contribution >= 0.6 is 0 Å². The Balaban J connectivity index is 1.58. The SMILES string of the molecule is C[C@@H](NC(=O)c1ccccc1NC(=O)COC(=O)C1CCCC1)c1ccccc1. The first-order valence-corrected chi connectivity index (χ1v) is 9.96. The number of amides is 2. The topological polar surface area (TPSA) is 84.5 Å². The summed E-state index contributed by atoms with van der Waals surface area (Å²) in [4.78, 5) is 36.9. The van der Waals surface area contributed by atoms with Crippen LogP contribution in [0.2, 0.25) is 0 Å². The molecule has 6 nitrogen and oxygen atoms in total. The number of carbonyl (C=O) groups excluding carboxylic acids is 3. The zero-order valence-electron chi connectivity index (χ0n) is 16.5. The normalized spacial score (nSPS) is 14.8. The molecule has 29 heavy (non-hydrogen) atoms. The van der Waals surface area contributed by atoms with Crippen molar-refractivity contribution in [2.24, 2.45) is 5.92 Å². The highest BCUT2D eigenvalue weighted by Crippen LogP contribution is 2.25. The van der Waals surface area contributed by atoms with E-state index in [9.17, 15) is 14.4 Å². The van der Waals surface area contributed by atoms with Crippen molar-refractivity contribution in [3.05, 3.63) is 65.7 Å². The van der Waals surface area contributed by atoms with Gasteiger partial charge < -0.3 is 15.4 Å². The van der Waals surface area contributed by atoms with Crippen molar-refractivity contribution in [2.45, 2.75) is 38.6 Å². The van der Waals surface area contributed by atoms with E-state index < -0.39 is 5.91 Å². The van der Waals surface area contributed by atoms with Gasteiger partial charge >= 0.3 is 5.97 Å². The third-order valence-electron chi connectivity index (χ3n) is 5.13. The van der Waals surface area contributed by atoms with Gasteiger partial charge in [0.2, 0.25) is 0 Å². The summed E-state index contributed by atoms with van der Waals surface area (Å²) >= 11 is 0. The minimum atomic E-state index is -0.465. The fraction of sp³-hybridized carbons (Fsp3) is 0.348. The molecule has 1 aliphatic rings. The number of ether oxygens (including phenoxy) is 1. The number of rotatable bonds is 7. The second kappa shape index (κ2) is 9.87. The molecule has 1 atom stereocenters. The molecule has 0 radical (unpaired) electrons. The predicted octanol–water partition coefficient (Wildman–Crippen LogP) is 3.85. The number of benzene rings is 2. The lowest BCUT2D eigenvalue weighted by Gasteiger charge is -2.16. The first-order chi connectivity index (χ1) is 14.0. The summed E-state index contributed by atoms with van der Waals surface area (Å²) in [5, 5.41) is 5.61. The van der Waals surface area contributed by atoms with Gasteiger partial charge in [0.15, 0.2) is 6.61 Å². The van der Waals surface area contributed by atoms with E-state index >= 15 is 0 Å². The zero-order chi connectivity index (χ0) is 20.6. The first kappa shape index (κ1) is 20.6. The Labute approximate surface area is 170 Å². The third kappa shape index (κ3) is 5.67. The van der Waals surface area contributed by atoms with Gasteiger partial charge in [-0.3, -0.25) is 14.4 Å². The molecule has 6 heteroatoms. The van der Waals surface area contributed by atoms with Gasteiger partial charge in [-0.1, -0.05) is 55.3 Å². The fourth-order valence-corrected chi connectivity index (χ4v) is 3.49. The molecule has 0 aliphatic heterocycles. The van der Waals surface area contributed by atoms with E-state index in [4.69, 9.17) is 4.74 Å². The quantitative estimate of drug-likeness (QED) is 0.699. The van der Waals surface area contributed by atoms with Gasteiger partial charge in [-0.25, -0.2) is 0 Å². The van der Waals surface area contributed by atoms with E-state index in [2.05, 4.69) is 10.6 Å². The summed E-state index contributed by atoms with van der Waals surface area (Å²) in [6.45, 7) is 1.54. The second-order valence-electron chi connectivity index (χ2n) is 7.29. The Morgan fingerprint density at radius 2 is 1.66 bits per heavy atom. The highest BCUT2D eigenvalue weighted by molar-refractivity contribution is 6.04. The Bertz CT molecular complexity index is 860. The minimum absolute atomic E-state index is 0.0969. The lowest BCUT2D eigenvalue weighted by Crippen LogP contribution is -2.29. The van der Waals surface area contributed by atoms with Crippen LogP contribution in [0.1, 0.15) is 54.6 Å². The monoisotopic (exact) mass is 394 g/mol. The van der Waals surface area contributed by atoms with Crippen molar-refractivity contribution in [1.82, 2.24) is 5.32 Å². The molecule has 0 spiro atoms. The number of nitrogens with one attached hydrogen (secondary N) is 2. The van der Waals surface area contributed by atoms with Crippen LogP contribution in [0.15, 0.2) is 54.6 Å². The van der Waals surface area contributed by atoms with Gasteiger partial charge in [-0.05, 0) is 37.5 Å². The van der Waals surface area contributed by atoms with Crippen LogP contribution in [0.25, 0.3) is 0 Å². The first-order valence-electron chi connectivity index (χ1n) is 9.96. The molecular formula is C23H26N2O4. The Kier molecular flexibility index (Phi) is 7.00. The maximum absolute atomic E-state index is 12.7. The molecule has 2 N–H and O–H groups in total. The van der Waals surface area contributed by atoms with Crippen LogP contribution in [-0.4, -0.2) is 24.4 Å². The molecule has 0 unspecified atom stereocenters. The number of carbonyl (C=O) groups is 3. The van der Waals surface area contributed by atoms with Crippen molar-refractivity contribution in [3.63, 3.8) is 0 Å². The molecule has 1 saturated carbocycles. The molecule has 0 bridgehead atoms. The molecule has 2 amide bonds. The average Bonchev–Trinajstić information content (AvgIpc) is 3.28. The lowest BCUT2D eigenvalue weighted by molar-refractivity contribution is -0.151. The van der Waals surface area contributed by atoms with Crippen LogP contribution < -0.4 is 10.6 Å². The summed E-state index contributed by atoms with van der Waals surface area (Å²) in [6, 6.07) is 16.2. The largest absolute Gasteiger partial charge is 0.455 e. The number of para-hydroxylation sites is 1. The summed E-state index contributed by atoms with van der Waals surface area (Å²) in [7, 11) is 0. The van der Waals surface area contributed by atoms with Crippen LogP contribution in [0, 0.1) is 5.92 Å². The number of hydrogen-bond acceptors (Lipinski definition) is 4. The van der Waals surface area contributed by atoms with Crippen molar-refractivity contribution in [2.75, 3.05) is 11.9 Å². The molecule has 0 heterocycles. The maximum Gasteiger partial charge on any atom is 0.309 e. The number of anilines is 1. The molecule has 2 aromatic rings. The van der Waals surface area contributed by atoms with Crippen LogP contribution in [-0.2, 0) is 14.3 Å². The Hall–Kier alpha value is -3.15. The van der Waals surface area contributed by atoms with Crippen LogP contribution in [0.3, 0.4) is 0 Å². The molecule has 3 rings (SSSR count). The summed E-state index contributed by atoms with van der Waals surface area (Å²) in [6.07, 6.45) is 3.69. The lowest BCUT2D eigenvalue weighted by atomic mass is 10.1. The van der Waals surface area contributed by atoms with Gasteiger partial charge in [-0.15, -0.1) is 0 Å². The van der Waals surface area contributed by atoms with E-state index in [1.807, 2.05) is 37.3 Å². The van der Waals surface area contributed by atoms with Gasteiger partial charge in [0.05, 0.1) is 23.2 Å². The molecule has 1 fully saturated rings. The molecule has 0 saturated heterocycles. The Morgan fingerprint density at radius 3 is 2.38 bits per heavy atom. The predicted molar refractivity (Wildman–Crippen MR) is 110 cm³/mol. The third-order valence-corrected chi connectivity index (χ3v) is 5.13. The van der Waals surface area contributed by atoms with Crippen molar-refractivity contribution in [1.29, 1.82) is 0 Å². The van der Waals surface area contributed by atoms with Crippen molar-refractivity contribution >= 4 is 23.5 Å². The Morgan fingerprint density at radius 1 is 1.00 bits per heavy atom. The highest BCUT2D eigenvalue weighted by atomic mass is 16.5. The van der Waals surface area contributed by atoms with E-state index in [0.29, 0.717) is 11.3 Å². The van der Waals surface area contributed by atoms with Gasteiger partial charge in [0.25, 0.3) is 11.8 Å². The molecular weight excluding hydrogens is 368 g/mol. The van der Waals surface area contributed by atoms with Gasteiger partial charge in [0, 0.05) is 0 Å². The van der Waals surface area contributed by atoms with Crippen LogP contribution in [0.5, 0.6) is 0 Å². The van der Waals surface area contributed by atoms with E-state index in [-0.39, 0.29) is 30.4 Å². The highest BCUT2D eigenvalue weighted by Gasteiger charge is 2.24. The molecule has 0 aromatic heterocycles. The van der Waals surface area contributed by atoms with E-state index in [1.165, 1.54) is 0 Å². The summed E-state index contributed by atoms with van der Waals surface area (Å²) in [5.41, 5.74) is 1.72. The van der Waals surface area contributed by atoms with Gasteiger partial charge in [-0.2, -0.15) is 0 Å².